The fraction of sp³-hybridized carbons (Fsp3) is 0.111. The third kappa shape index (κ3) is 4.89. The molecule has 1 unspecified atom stereocenters. The Kier molecular flexibility index (Phi) is 7.41. The van der Waals surface area contributed by atoms with Gasteiger partial charge in [0.05, 0.1) is 26.9 Å². The molecule has 0 radical (unpaired) electrons. The molecule has 0 fully saturated rings. The van der Waals surface area contributed by atoms with Crippen LogP contribution in [-0.4, -0.2) is 34.3 Å². The molecule has 0 saturated heterocycles. The van der Waals surface area contributed by atoms with Crippen LogP contribution in [0.4, 0.5) is 0 Å². The van der Waals surface area contributed by atoms with Crippen molar-refractivity contribution in [3.63, 3.8) is 0 Å². The van der Waals surface area contributed by atoms with Crippen molar-refractivity contribution in [2.75, 3.05) is 21.3 Å². The molecule has 4 rings (SSSR count). The van der Waals surface area contributed by atoms with Crippen LogP contribution in [0.15, 0.2) is 95.9 Å². The molecule has 4 aromatic carbocycles. The zero-order chi connectivity index (χ0) is 25.0. The minimum atomic E-state index is -4.49. The molecule has 0 aromatic heterocycles. The molecule has 0 aliphatic rings. The van der Waals surface area contributed by atoms with E-state index in [0.29, 0.717) is 22.6 Å². The van der Waals surface area contributed by atoms with Gasteiger partial charge >= 0.3 is 0 Å². The molecule has 35 heavy (non-hydrogen) atoms. The number of ether oxygens (including phenoxy) is 3. The summed E-state index contributed by atoms with van der Waals surface area (Å²) in [6, 6.07) is 27.3. The van der Waals surface area contributed by atoms with Crippen molar-refractivity contribution in [3.8, 4) is 28.4 Å². The van der Waals surface area contributed by atoms with Crippen LogP contribution in [0.1, 0.15) is 0 Å². The predicted octanol–water partition coefficient (Wildman–Crippen LogP) is 4.38. The molecule has 4 aromatic rings. The standard InChI is InChI=1S/C27H25O6PS/c1-31-20-12-5-7-16-24(20)34(25-17-8-9-18-26(25)35(28,29)30)23-15-6-4-11-19(23)27-21(32-2)13-10-14-22(27)33-3/h4-18H,1-3H3,(H,28,29,30). The highest BCUT2D eigenvalue weighted by atomic mass is 32.2. The normalized spacial score (nSPS) is 12.1. The molecule has 1 atom stereocenters. The second-order valence-electron chi connectivity index (χ2n) is 7.50. The summed E-state index contributed by atoms with van der Waals surface area (Å²) in [7, 11) is -1.23. The van der Waals surface area contributed by atoms with E-state index in [2.05, 4.69) is 0 Å². The van der Waals surface area contributed by atoms with E-state index < -0.39 is 18.0 Å². The number of methoxy groups -OCH3 is 3. The van der Waals surface area contributed by atoms with Crippen molar-refractivity contribution in [1.29, 1.82) is 0 Å². The highest BCUT2D eigenvalue weighted by molar-refractivity contribution is 7.88. The van der Waals surface area contributed by atoms with Gasteiger partial charge in [0.15, 0.2) is 0 Å². The third-order valence-electron chi connectivity index (χ3n) is 5.55. The number of benzene rings is 4. The molecule has 0 saturated carbocycles. The Morgan fingerprint density at radius 3 is 1.69 bits per heavy atom. The van der Waals surface area contributed by atoms with Gasteiger partial charge in [0.1, 0.15) is 22.1 Å². The Balaban J connectivity index is 2.12. The summed E-state index contributed by atoms with van der Waals surface area (Å²) < 4.78 is 52.0. The van der Waals surface area contributed by atoms with E-state index in [1.165, 1.54) is 6.07 Å². The molecular weight excluding hydrogens is 483 g/mol. The molecule has 0 bridgehead atoms. The van der Waals surface area contributed by atoms with Gasteiger partial charge in [0, 0.05) is 10.6 Å². The van der Waals surface area contributed by atoms with E-state index in [4.69, 9.17) is 14.2 Å². The maximum absolute atomic E-state index is 12.4. The highest BCUT2D eigenvalue weighted by Gasteiger charge is 2.29. The van der Waals surface area contributed by atoms with Gasteiger partial charge in [-0.25, -0.2) is 0 Å². The molecular formula is C27H25O6PS. The molecule has 0 amide bonds. The molecule has 0 aliphatic heterocycles. The molecule has 0 aliphatic carbocycles. The Morgan fingerprint density at radius 2 is 1.09 bits per heavy atom. The summed E-state index contributed by atoms with van der Waals surface area (Å²) in [5.41, 5.74) is 1.57. The first-order valence-electron chi connectivity index (χ1n) is 10.7. The summed E-state index contributed by atoms with van der Waals surface area (Å²) in [6.07, 6.45) is 0. The monoisotopic (exact) mass is 508 g/mol. The predicted molar refractivity (Wildman–Crippen MR) is 140 cm³/mol. The first kappa shape index (κ1) is 24.7. The zero-order valence-corrected chi connectivity index (χ0v) is 21.2. The second-order valence-corrected chi connectivity index (χ2v) is 11.0. The summed E-state index contributed by atoms with van der Waals surface area (Å²) >= 11 is 0. The lowest BCUT2D eigenvalue weighted by Crippen LogP contribution is -2.27. The van der Waals surface area contributed by atoms with Gasteiger partial charge in [-0.05, 0) is 43.1 Å². The van der Waals surface area contributed by atoms with Gasteiger partial charge in [-0.3, -0.25) is 4.55 Å². The van der Waals surface area contributed by atoms with Crippen LogP contribution in [-0.2, 0) is 10.1 Å². The van der Waals surface area contributed by atoms with Crippen LogP contribution in [0.3, 0.4) is 0 Å². The van der Waals surface area contributed by atoms with Crippen LogP contribution in [0, 0.1) is 0 Å². The van der Waals surface area contributed by atoms with Crippen LogP contribution < -0.4 is 30.1 Å². The fourth-order valence-electron chi connectivity index (χ4n) is 4.06. The minimum absolute atomic E-state index is 0.140. The van der Waals surface area contributed by atoms with Crippen LogP contribution in [0.25, 0.3) is 11.1 Å². The zero-order valence-electron chi connectivity index (χ0n) is 19.5. The maximum Gasteiger partial charge on any atom is 0.295 e. The molecule has 8 heteroatoms. The lowest BCUT2D eigenvalue weighted by Gasteiger charge is -2.26. The van der Waals surface area contributed by atoms with Crippen LogP contribution in [0.2, 0.25) is 0 Å². The molecule has 1 N–H and O–H groups in total. The van der Waals surface area contributed by atoms with Gasteiger partial charge in [0.25, 0.3) is 10.1 Å². The first-order valence-corrected chi connectivity index (χ1v) is 13.5. The van der Waals surface area contributed by atoms with Crippen molar-refractivity contribution in [2.45, 2.75) is 4.90 Å². The van der Waals surface area contributed by atoms with Gasteiger partial charge in [-0.15, -0.1) is 0 Å². The topological polar surface area (TPSA) is 82.1 Å². The SMILES string of the molecule is COc1ccccc1P(c1ccccc1-c1c(OC)cccc1OC)c1ccccc1S(=O)(=O)O. The summed E-state index contributed by atoms with van der Waals surface area (Å²) in [4.78, 5) is -0.140. The van der Waals surface area contributed by atoms with Gasteiger partial charge in [0.2, 0.25) is 0 Å². The minimum Gasteiger partial charge on any atom is -0.496 e. The van der Waals surface area contributed by atoms with E-state index >= 15 is 0 Å². The van der Waals surface area contributed by atoms with Crippen LogP contribution in [0.5, 0.6) is 17.2 Å². The van der Waals surface area contributed by atoms with E-state index in [1.807, 2.05) is 66.7 Å². The smallest absolute Gasteiger partial charge is 0.295 e. The van der Waals surface area contributed by atoms with E-state index in [9.17, 15) is 13.0 Å². The average Bonchev–Trinajstić information content (AvgIpc) is 2.88. The molecule has 0 spiro atoms. The summed E-state index contributed by atoms with van der Waals surface area (Å²) in [6.45, 7) is 0. The number of rotatable bonds is 8. The number of para-hydroxylation sites is 1. The Bertz CT molecular complexity index is 1430. The first-order chi connectivity index (χ1) is 16.9. The molecule has 6 nitrogen and oxygen atoms in total. The van der Waals surface area contributed by atoms with Gasteiger partial charge < -0.3 is 14.2 Å². The van der Waals surface area contributed by atoms with Gasteiger partial charge in [-0.2, -0.15) is 8.42 Å². The Morgan fingerprint density at radius 1 is 0.600 bits per heavy atom. The summed E-state index contributed by atoms with van der Waals surface area (Å²) in [5.74, 6) is 1.86. The van der Waals surface area contributed by atoms with Crippen molar-refractivity contribution < 1.29 is 27.2 Å². The van der Waals surface area contributed by atoms with Crippen molar-refractivity contribution in [3.05, 3.63) is 91.0 Å². The Hall–Kier alpha value is -3.38. The second kappa shape index (κ2) is 10.5. The molecule has 180 valence electrons. The highest BCUT2D eigenvalue weighted by Crippen LogP contribution is 2.45. The van der Waals surface area contributed by atoms with Crippen LogP contribution >= 0.6 is 7.92 Å². The largest absolute Gasteiger partial charge is 0.496 e. The lowest BCUT2D eigenvalue weighted by molar-refractivity contribution is 0.397. The van der Waals surface area contributed by atoms with E-state index in [1.54, 1.807) is 39.5 Å². The van der Waals surface area contributed by atoms with Crippen molar-refractivity contribution in [1.82, 2.24) is 0 Å². The Labute approximate surface area is 206 Å². The maximum atomic E-state index is 12.4. The summed E-state index contributed by atoms with van der Waals surface area (Å²) in [5, 5.41) is 2.14. The fourth-order valence-corrected chi connectivity index (χ4v) is 7.86. The van der Waals surface area contributed by atoms with Crippen molar-refractivity contribution >= 4 is 34.0 Å². The van der Waals surface area contributed by atoms with Crippen molar-refractivity contribution in [2.24, 2.45) is 0 Å². The van der Waals surface area contributed by atoms with E-state index in [-0.39, 0.29) is 4.90 Å². The third-order valence-corrected chi connectivity index (χ3v) is 9.21. The van der Waals surface area contributed by atoms with Gasteiger partial charge in [-0.1, -0.05) is 66.7 Å². The van der Waals surface area contributed by atoms with E-state index in [0.717, 1.165) is 21.7 Å². The number of hydrogen-bond donors (Lipinski definition) is 1. The average molecular weight is 509 g/mol. The number of hydrogen-bond acceptors (Lipinski definition) is 5. The quantitative estimate of drug-likeness (QED) is 0.281. The lowest BCUT2D eigenvalue weighted by atomic mass is 10.0. The molecule has 0 heterocycles.